The molecule has 0 atom stereocenters. The molecule has 1 aliphatic rings. The van der Waals surface area contributed by atoms with Crippen LogP contribution in [0.2, 0.25) is 5.02 Å². The zero-order valence-electron chi connectivity index (χ0n) is 15.2. The van der Waals surface area contributed by atoms with Gasteiger partial charge in [0.15, 0.2) is 11.5 Å². The van der Waals surface area contributed by atoms with Gasteiger partial charge in [0.2, 0.25) is 5.91 Å². The number of para-hydroxylation sites is 1. The van der Waals surface area contributed by atoms with E-state index in [0.29, 0.717) is 22.1 Å². The summed E-state index contributed by atoms with van der Waals surface area (Å²) in [5.74, 6) is 0.546. The van der Waals surface area contributed by atoms with Gasteiger partial charge < -0.3 is 14.4 Å². The van der Waals surface area contributed by atoms with Gasteiger partial charge >= 0.3 is 0 Å². The molecule has 0 radical (unpaired) electrons. The molecule has 3 rings (SSSR count). The number of amides is 1. The monoisotopic (exact) mass is 389 g/mol. The van der Waals surface area contributed by atoms with E-state index in [0.717, 1.165) is 18.4 Å². The molecule has 4 nitrogen and oxygen atoms in total. The highest BCUT2D eigenvalue weighted by molar-refractivity contribution is 6.31. The fraction of sp³-hybridized carbons (Fsp3) is 0.286. The van der Waals surface area contributed by atoms with Crippen LogP contribution in [0, 0.1) is 5.82 Å². The Bertz CT molecular complexity index is 844. The highest BCUT2D eigenvalue weighted by Gasteiger charge is 2.32. The lowest BCUT2D eigenvalue weighted by Crippen LogP contribution is -2.31. The number of methoxy groups -OCH3 is 2. The van der Waals surface area contributed by atoms with Crippen molar-refractivity contribution in [1.82, 2.24) is 4.90 Å². The van der Waals surface area contributed by atoms with Gasteiger partial charge in [0, 0.05) is 28.3 Å². The molecule has 0 saturated heterocycles. The lowest BCUT2D eigenvalue weighted by Gasteiger charge is -2.22. The Labute approximate surface area is 163 Å². The van der Waals surface area contributed by atoms with Crippen molar-refractivity contribution in [2.24, 2.45) is 0 Å². The summed E-state index contributed by atoms with van der Waals surface area (Å²) in [4.78, 5) is 14.4. The molecule has 0 heterocycles. The molecule has 142 valence electrons. The van der Waals surface area contributed by atoms with Crippen molar-refractivity contribution in [3.63, 3.8) is 0 Å². The normalized spacial score (nSPS) is 13.6. The highest BCUT2D eigenvalue weighted by atomic mass is 35.5. The van der Waals surface area contributed by atoms with E-state index in [4.69, 9.17) is 21.1 Å². The van der Waals surface area contributed by atoms with Gasteiger partial charge in [0.05, 0.1) is 20.8 Å². The summed E-state index contributed by atoms with van der Waals surface area (Å²) < 4.78 is 24.8. The van der Waals surface area contributed by atoms with Crippen LogP contribution in [0.25, 0.3) is 6.08 Å². The first-order chi connectivity index (χ1) is 13.0. The number of carbonyl (C=O) groups excluding carboxylic acids is 1. The summed E-state index contributed by atoms with van der Waals surface area (Å²) in [6.07, 6.45) is 4.98. The second-order valence-corrected chi connectivity index (χ2v) is 6.72. The van der Waals surface area contributed by atoms with Gasteiger partial charge in [-0.25, -0.2) is 4.39 Å². The minimum atomic E-state index is -0.403. The van der Waals surface area contributed by atoms with Gasteiger partial charge in [-0.3, -0.25) is 4.79 Å². The maximum Gasteiger partial charge on any atom is 0.247 e. The quantitative estimate of drug-likeness (QED) is 0.644. The first kappa shape index (κ1) is 19.2. The van der Waals surface area contributed by atoms with Gasteiger partial charge in [0.25, 0.3) is 0 Å². The summed E-state index contributed by atoms with van der Waals surface area (Å²) in [5, 5.41) is 0.326. The van der Waals surface area contributed by atoms with Crippen molar-refractivity contribution in [2.45, 2.75) is 25.4 Å². The lowest BCUT2D eigenvalue weighted by atomic mass is 10.1. The fourth-order valence-corrected chi connectivity index (χ4v) is 3.15. The summed E-state index contributed by atoms with van der Waals surface area (Å²) in [6, 6.07) is 10.1. The van der Waals surface area contributed by atoms with Crippen LogP contribution >= 0.6 is 11.6 Å². The maximum atomic E-state index is 14.1. The average Bonchev–Trinajstić information content (AvgIpc) is 3.50. The predicted molar refractivity (Wildman–Crippen MR) is 104 cm³/mol. The Morgan fingerprint density at radius 2 is 1.96 bits per heavy atom. The van der Waals surface area contributed by atoms with Crippen LogP contribution in [0.15, 0.2) is 42.5 Å². The zero-order chi connectivity index (χ0) is 19.4. The molecular formula is C21H21ClFNO3. The van der Waals surface area contributed by atoms with E-state index in [-0.39, 0.29) is 18.5 Å². The van der Waals surface area contributed by atoms with E-state index < -0.39 is 5.82 Å². The van der Waals surface area contributed by atoms with E-state index in [1.165, 1.54) is 12.1 Å². The summed E-state index contributed by atoms with van der Waals surface area (Å²) in [7, 11) is 3.11. The van der Waals surface area contributed by atoms with E-state index in [1.54, 1.807) is 43.4 Å². The Balaban J connectivity index is 1.82. The number of nitrogens with zero attached hydrogens (tertiary/aromatic N) is 1. The first-order valence-electron chi connectivity index (χ1n) is 8.67. The molecule has 0 unspecified atom stereocenters. The molecule has 0 bridgehead atoms. The summed E-state index contributed by atoms with van der Waals surface area (Å²) in [6.45, 7) is 0.147. The fourth-order valence-electron chi connectivity index (χ4n) is 2.93. The zero-order valence-corrected chi connectivity index (χ0v) is 16.0. The molecule has 2 aromatic rings. The van der Waals surface area contributed by atoms with Gasteiger partial charge in [0.1, 0.15) is 5.82 Å². The molecule has 1 saturated carbocycles. The molecule has 2 aromatic carbocycles. The number of carbonyl (C=O) groups is 1. The molecular weight excluding hydrogens is 369 g/mol. The number of benzene rings is 2. The first-order valence-corrected chi connectivity index (χ1v) is 9.05. The summed E-state index contributed by atoms with van der Waals surface area (Å²) in [5.41, 5.74) is 1.07. The standard InChI is InChI=1S/C21H21ClFNO3/c1-26-19-8-3-5-14(21(19)27-2)9-12-20(25)24(15-10-11-15)13-16-17(22)6-4-7-18(16)23/h3-9,12,15H,10-11,13H2,1-2H3/b12-9+. The maximum absolute atomic E-state index is 14.1. The van der Waals surface area contributed by atoms with Crippen LogP contribution in [0.1, 0.15) is 24.0 Å². The average molecular weight is 390 g/mol. The van der Waals surface area contributed by atoms with Crippen LogP contribution in [0.5, 0.6) is 11.5 Å². The molecule has 0 aliphatic heterocycles. The molecule has 6 heteroatoms. The van der Waals surface area contributed by atoms with Crippen molar-refractivity contribution < 1.29 is 18.7 Å². The van der Waals surface area contributed by atoms with E-state index in [1.807, 2.05) is 12.1 Å². The minimum absolute atomic E-state index is 0.116. The SMILES string of the molecule is COc1cccc(/C=C/C(=O)N(Cc2c(F)cccc2Cl)C2CC2)c1OC. The van der Waals surface area contributed by atoms with Crippen LogP contribution in [0.4, 0.5) is 4.39 Å². The van der Waals surface area contributed by atoms with Gasteiger partial charge in [-0.1, -0.05) is 29.8 Å². The number of hydrogen-bond acceptors (Lipinski definition) is 3. The van der Waals surface area contributed by atoms with Crippen molar-refractivity contribution >= 4 is 23.6 Å². The van der Waals surface area contributed by atoms with Crippen LogP contribution < -0.4 is 9.47 Å². The predicted octanol–water partition coefficient (Wildman–Crippen LogP) is 4.70. The van der Waals surface area contributed by atoms with E-state index in [2.05, 4.69) is 0 Å². The molecule has 0 spiro atoms. The second kappa shape index (κ2) is 8.44. The largest absolute Gasteiger partial charge is 0.493 e. The lowest BCUT2D eigenvalue weighted by molar-refractivity contribution is -0.127. The van der Waals surface area contributed by atoms with Crippen molar-refractivity contribution in [1.29, 1.82) is 0 Å². The number of hydrogen-bond donors (Lipinski definition) is 0. The van der Waals surface area contributed by atoms with E-state index >= 15 is 0 Å². The Morgan fingerprint density at radius 3 is 2.59 bits per heavy atom. The Kier molecular flexibility index (Phi) is 6.01. The third kappa shape index (κ3) is 4.42. The van der Waals surface area contributed by atoms with Crippen LogP contribution in [-0.2, 0) is 11.3 Å². The smallest absolute Gasteiger partial charge is 0.247 e. The second-order valence-electron chi connectivity index (χ2n) is 6.31. The molecule has 0 N–H and O–H groups in total. The molecule has 1 fully saturated rings. The summed E-state index contributed by atoms with van der Waals surface area (Å²) >= 11 is 6.12. The Morgan fingerprint density at radius 1 is 1.22 bits per heavy atom. The van der Waals surface area contributed by atoms with Gasteiger partial charge in [-0.05, 0) is 37.1 Å². The number of rotatable bonds is 7. The van der Waals surface area contributed by atoms with Gasteiger partial charge in [-0.15, -0.1) is 0 Å². The number of ether oxygens (including phenoxy) is 2. The Hall–Kier alpha value is -2.53. The number of halogens is 2. The van der Waals surface area contributed by atoms with Crippen molar-refractivity contribution in [3.8, 4) is 11.5 Å². The van der Waals surface area contributed by atoms with Crippen molar-refractivity contribution in [3.05, 3.63) is 64.4 Å². The molecule has 1 amide bonds. The highest BCUT2D eigenvalue weighted by Crippen LogP contribution is 2.33. The third-order valence-corrected chi connectivity index (χ3v) is 4.85. The van der Waals surface area contributed by atoms with Crippen LogP contribution in [-0.4, -0.2) is 31.1 Å². The molecule has 27 heavy (non-hydrogen) atoms. The van der Waals surface area contributed by atoms with E-state index in [9.17, 15) is 9.18 Å². The molecule has 0 aromatic heterocycles. The molecule has 1 aliphatic carbocycles. The topological polar surface area (TPSA) is 38.8 Å². The van der Waals surface area contributed by atoms with Crippen LogP contribution in [0.3, 0.4) is 0 Å². The van der Waals surface area contributed by atoms with Gasteiger partial charge in [-0.2, -0.15) is 0 Å². The minimum Gasteiger partial charge on any atom is -0.493 e. The van der Waals surface area contributed by atoms with Crippen molar-refractivity contribution in [2.75, 3.05) is 14.2 Å². The third-order valence-electron chi connectivity index (χ3n) is 4.50.